The number of halogens is 1. The van der Waals surface area contributed by atoms with Gasteiger partial charge in [0.05, 0.1) is 12.2 Å². The van der Waals surface area contributed by atoms with Crippen molar-refractivity contribution in [2.24, 2.45) is 5.73 Å². The van der Waals surface area contributed by atoms with E-state index < -0.39 is 0 Å². The number of hydrogen-bond donors (Lipinski definition) is 1. The summed E-state index contributed by atoms with van der Waals surface area (Å²) < 4.78 is 15.2. The van der Waals surface area contributed by atoms with Gasteiger partial charge in [-0.2, -0.15) is 9.49 Å². The molecule has 0 unspecified atom stereocenters. The zero-order valence-corrected chi connectivity index (χ0v) is 8.99. The fraction of sp³-hybridized carbons (Fsp3) is 0.700. The fourth-order valence-electron chi connectivity index (χ4n) is 2.01. The highest BCUT2D eigenvalue weighted by Gasteiger charge is 2.22. The van der Waals surface area contributed by atoms with E-state index in [0.29, 0.717) is 5.56 Å². The summed E-state index contributed by atoms with van der Waals surface area (Å²) in [5, 5.41) is 4.08. The molecule has 1 saturated heterocycles. The first kappa shape index (κ1) is 10.6. The molecule has 2 N–H and O–H groups in total. The zero-order chi connectivity index (χ0) is 10.8. The van der Waals surface area contributed by atoms with Crippen LogP contribution in [0, 0.1) is 5.95 Å². The van der Waals surface area contributed by atoms with Crippen LogP contribution in [0.15, 0.2) is 6.20 Å². The summed E-state index contributed by atoms with van der Waals surface area (Å²) in [4.78, 5) is 2.25. The van der Waals surface area contributed by atoms with Crippen LogP contribution in [-0.2, 0) is 6.54 Å². The smallest absolute Gasteiger partial charge is 0.216 e. The zero-order valence-electron chi connectivity index (χ0n) is 8.99. The highest BCUT2D eigenvalue weighted by molar-refractivity contribution is 5.06. The molecule has 0 atom stereocenters. The van der Waals surface area contributed by atoms with Crippen molar-refractivity contribution in [3.8, 4) is 0 Å². The third-order valence-electron chi connectivity index (χ3n) is 3.06. The Labute approximate surface area is 88.9 Å². The molecule has 1 aromatic heterocycles. The topological polar surface area (TPSA) is 47.1 Å². The molecule has 0 bridgehead atoms. The minimum absolute atomic E-state index is 0.196. The van der Waals surface area contributed by atoms with Gasteiger partial charge in [0.1, 0.15) is 0 Å². The Bertz CT molecular complexity index is 328. The van der Waals surface area contributed by atoms with E-state index in [1.807, 2.05) is 0 Å². The summed E-state index contributed by atoms with van der Waals surface area (Å²) in [7, 11) is 2.08. The van der Waals surface area contributed by atoms with Crippen molar-refractivity contribution in [3.63, 3.8) is 0 Å². The lowest BCUT2D eigenvalue weighted by molar-refractivity contribution is 0.200. The van der Waals surface area contributed by atoms with Crippen molar-refractivity contribution < 1.29 is 4.39 Å². The van der Waals surface area contributed by atoms with Crippen molar-refractivity contribution in [1.82, 2.24) is 14.7 Å². The van der Waals surface area contributed by atoms with Crippen LogP contribution >= 0.6 is 0 Å². The van der Waals surface area contributed by atoms with E-state index in [0.717, 1.165) is 25.9 Å². The quantitative estimate of drug-likeness (QED) is 0.787. The highest BCUT2D eigenvalue weighted by atomic mass is 19.1. The van der Waals surface area contributed by atoms with Crippen LogP contribution in [0.5, 0.6) is 0 Å². The van der Waals surface area contributed by atoms with Crippen molar-refractivity contribution in [1.29, 1.82) is 0 Å². The predicted molar refractivity (Wildman–Crippen MR) is 55.8 cm³/mol. The van der Waals surface area contributed by atoms with E-state index in [9.17, 15) is 4.39 Å². The van der Waals surface area contributed by atoms with Gasteiger partial charge in [0.25, 0.3) is 0 Å². The van der Waals surface area contributed by atoms with E-state index in [2.05, 4.69) is 17.0 Å². The number of aromatic nitrogens is 2. The Hall–Kier alpha value is -0.940. The molecule has 15 heavy (non-hydrogen) atoms. The van der Waals surface area contributed by atoms with Gasteiger partial charge < -0.3 is 10.6 Å². The minimum atomic E-state index is -0.257. The summed E-state index contributed by atoms with van der Waals surface area (Å²) in [5.41, 5.74) is 5.92. The van der Waals surface area contributed by atoms with Crippen LogP contribution in [0.25, 0.3) is 0 Å². The molecule has 2 rings (SSSR count). The number of rotatable bonds is 2. The molecule has 1 fully saturated rings. The highest BCUT2D eigenvalue weighted by Crippen LogP contribution is 2.23. The van der Waals surface area contributed by atoms with Gasteiger partial charge in [-0.15, -0.1) is 0 Å². The normalized spacial score (nSPS) is 19.7. The summed E-state index contributed by atoms with van der Waals surface area (Å²) in [6.07, 6.45) is 3.45. The largest absolute Gasteiger partial charge is 0.326 e. The molecule has 0 amide bonds. The summed E-state index contributed by atoms with van der Waals surface area (Å²) in [6.45, 7) is 2.22. The molecule has 0 aromatic carbocycles. The van der Waals surface area contributed by atoms with Crippen LogP contribution in [0.1, 0.15) is 24.4 Å². The van der Waals surface area contributed by atoms with E-state index in [-0.39, 0.29) is 18.5 Å². The number of nitrogens with zero attached hydrogens (tertiary/aromatic N) is 3. The maximum Gasteiger partial charge on any atom is 0.216 e. The second-order valence-electron chi connectivity index (χ2n) is 4.14. The standard InChI is InChI=1S/C10H17FN4/c1-14-4-2-9(3-5-14)15-10(11)8(6-12)7-13-15/h7,9H,2-6,12H2,1H3. The second kappa shape index (κ2) is 4.28. The Kier molecular flexibility index (Phi) is 3.02. The van der Waals surface area contributed by atoms with Gasteiger partial charge in [0.15, 0.2) is 0 Å². The average Bonchev–Trinajstić information content (AvgIpc) is 2.61. The maximum absolute atomic E-state index is 13.7. The fourth-order valence-corrected chi connectivity index (χ4v) is 2.01. The first-order valence-electron chi connectivity index (χ1n) is 5.33. The van der Waals surface area contributed by atoms with Crippen LogP contribution in [0.2, 0.25) is 0 Å². The van der Waals surface area contributed by atoms with Gasteiger partial charge in [-0.05, 0) is 33.0 Å². The van der Waals surface area contributed by atoms with E-state index in [4.69, 9.17) is 5.73 Å². The van der Waals surface area contributed by atoms with Gasteiger partial charge in [0, 0.05) is 12.1 Å². The maximum atomic E-state index is 13.7. The lowest BCUT2D eigenvalue weighted by Crippen LogP contribution is -2.32. The molecule has 0 saturated carbocycles. The van der Waals surface area contributed by atoms with Crippen LogP contribution in [0.4, 0.5) is 4.39 Å². The minimum Gasteiger partial charge on any atom is -0.326 e. The lowest BCUT2D eigenvalue weighted by atomic mass is 10.1. The Morgan fingerprint density at radius 3 is 2.73 bits per heavy atom. The Balaban J connectivity index is 2.12. The molecule has 1 aliphatic rings. The monoisotopic (exact) mass is 212 g/mol. The van der Waals surface area contributed by atoms with Gasteiger partial charge in [-0.1, -0.05) is 0 Å². The number of nitrogens with two attached hydrogens (primary N) is 1. The molecule has 1 aliphatic heterocycles. The third kappa shape index (κ3) is 2.03. The van der Waals surface area contributed by atoms with Gasteiger partial charge in [-0.25, -0.2) is 4.68 Å². The van der Waals surface area contributed by atoms with Gasteiger partial charge in [-0.3, -0.25) is 0 Å². The molecule has 1 aromatic rings. The molecular formula is C10H17FN4. The van der Waals surface area contributed by atoms with E-state index in [1.165, 1.54) is 10.9 Å². The van der Waals surface area contributed by atoms with E-state index in [1.54, 1.807) is 0 Å². The molecule has 84 valence electrons. The van der Waals surface area contributed by atoms with Gasteiger partial charge >= 0.3 is 0 Å². The Morgan fingerprint density at radius 2 is 2.20 bits per heavy atom. The molecule has 0 spiro atoms. The molecule has 0 radical (unpaired) electrons. The summed E-state index contributed by atoms with van der Waals surface area (Å²) >= 11 is 0. The third-order valence-corrected chi connectivity index (χ3v) is 3.06. The van der Waals surface area contributed by atoms with Crippen molar-refractivity contribution in [2.45, 2.75) is 25.4 Å². The number of likely N-dealkylation sites (tertiary alicyclic amines) is 1. The van der Waals surface area contributed by atoms with Crippen molar-refractivity contribution in [2.75, 3.05) is 20.1 Å². The molecular weight excluding hydrogens is 195 g/mol. The summed E-state index contributed by atoms with van der Waals surface area (Å²) in [5.74, 6) is -0.257. The molecule has 5 heteroatoms. The van der Waals surface area contributed by atoms with Crippen LogP contribution in [0.3, 0.4) is 0 Å². The molecule has 4 nitrogen and oxygen atoms in total. The first-order chi connectivity index (χ1) is 7.22. The van der Waals surface area contributed by atoms with Crippen LogP contribution < -0.4 is 5.73 Å². The predicted octanol–water partition coefficient (Wildman–Crippen LogP) is 0.748. The lowest BCUT2D eigenvalue weighted by Gasteiger charge is -2.29. The molecule has 0 aliphatic carbocycles. The Morgan fingerprint density at radius 1 is 1.53 bits per heavy atom. The van der Waals surface area contributed by atoms with E-state index >= 15 is 0 Å². The average molecular weight is 212 g/mol. The van der Waals surface area contributed by atoms with Crippen molar-refractivity contribution in [3.05, 3.63) is 17.7 Å². The van der Waals surface area contributed by atoms with Crippen LogP contribution in [-0.4, -0.2) is 34.8 Å². The summed E-state index contributed by atoms with van der Waals surface area (Å²) in [6, 6.07) is 0.196. The van der Waals surface area contributed by atoms with Crippen molar-refractivity contribution >= 4 is 0 Å². The first-order valence-corrected chi connectivity index (χ1v) is 5.33. The molecule has 2 heterocycles. The second-order valence-corrected chi connectivity index (χ2v) is 4.14. The van der Waals surface area contributed by atoms with Gasteiger partial charge in [0.2, 0.25) is 5.95 Å². The number of piperidine rings is 1. The number of hydrogen-bond acceptors (Lipinski definition) is 3. The SMILES string of the molecule is CN1CCC(n2ncc(CN)c2F)CC1.